The van der Waals surface area contributed by atoms with Gasteiger partial charge in [0.15, 0.2) is 34.7 Å². The first-order chi connectivity index (χ1) is 19.3. The number of aromatic hydroxyl groups is 1. The molecule has 6 aliphatic rings. The van der Waals surface area contributed by atoms with Gasteiger partial charge in [0.05, 0.1) is 17.5 Å². The van der Waals surface area contributed by atoms with Crippen molar-refractivity contribution in [3.05, 3.63) is 27.8 Å². The standard InChI is InChI=1S/C30H36ClN3O7/c1-33(2)24-18-8-15-7-17-21(25(36)20(15)27(38)30(18,41)28(39)22(26(24)37)29(32)40)19(35)9-16(23(17)31)12-34-10-13-3-4-14(11-34)6-5-13/h9,13-15,18,20,22,24,35,41H,3-8,10-12H2,1-2H3,(H2,32,40). The van der Waals surface area contributed by atoms with Crippen LogP contribution >= 0.6 is 11.6 Å². The van der Waals surface area contributed by atoms with E-state index < -0.39 is 64.4 Å². The SMILES string of the molecule is CN(C)C1C(=O)C(C(N)=O)C(=O)C2(O)C(=O)C3C(=O)c4c(O)cc(CN5CC6CCC(CC6)C5)c(Cl)c4CC3CC12. The van der Waals surface area contributed by atoms with Crippen molar-refractivity contribution in [1.82, 2.24) is 9.80 Å². The van der Waals surface area contributed by atoms with E-state index >= 15 is 0 Å². The lowest BCUT2D eigenvalue weighted by molar-refractivity contribution is -0.181. The van der Waals surface area contributed by atoms with E-state index in [1.807, 2.05) is 0 Å². The van der Waals surface area contributed by atoms with Gasteiger partial charge in [-0.1, -0.05) is 11.6 Å². The van der Waals surface area contributed by atoms with Crippen LogP contribution in [0.5, 0.6) is 5.75 Å². The van der Waals surface area contributed by atoms with Crippen molar-refractivity contribution in [2.24, 2.45) is 41.2 Å². The van der Waals surface area contributed by atoms with Gasteiger partial charge < -0.3 is 15.9 Å². The van der Waals surface area contributed by atoms with E-state index in [-0.39, 0.29) is 24.2 Å². The number of carbonyl (C=O) groups is 5. The molecule has 2 saturated heterocycles. The molecule has 4 N–H and O–H groups in total. The van der Waals surface area contributed by atoms with Gasteiger partial charge in [-0.2, -0.15) is 0 Å². The highest BCUT2D eigenvalue weighted by atomic mass is 35.5. The molecule has 2 heterocycles. The average Bonchev–Trinajstić information content (AvgIpc) is 3.21. The lowest BCUT2D eigenvalue weighted by Gasteiger charge is -2.52. The molecule has 220 valence electrons. The summed E-state index contributed by atoms with van der Waals surface area (Å²) in [4.78, 5) is 70.3. The van der Waals surface area contributed by atoms with Gasteiger partial charge in [0.1, 0.15) is 5.75 Å². The van der Waals surface area contributed by atoms with Crippen LogP contribution in [0.25, 0.3) is 0 Å². The van der Waals surface area contributed by atoms with Crippen molar-refractivity contribution < 1.29 is 34.2 Å². The van der Waals surface area contributed by atoms with E-state index in [1.54, 1.807) is 14.1 Å². The molecule has 4 aliphatic carbocycles. The first kappa shape index (κ1) is 28.5. The fraction of sp³-hybridized carbons (Fsp3) is 0.633. The molecular weight excluding hydrogens is 550 g/mol. The van der Waals surface area contributed by atoms with E-state index in [2.05, 4.69) is 4.90 Å². The van der Waals surface area contributed by atoms with Gasteiger partial charge in [0, 0.05) is 30.6 Å². The number of hydrogen-bond acceptors (Lipinski definition) is 9. The number of fused-ring (bicyclic) bond motifs is 7. The van der Waals surface area contributed by atoms with Crippen LogP contribution in [0.2, 0.25) is 5.02 Å². The Kier molecular flexibility index (Phi) is 6.92. The van der Waals surface area contributed by atoms with Crippen LogP contribution in [0.3, 0.4) is 0 Å². The first-order valence-electron chi connectivity index (χ1n) is 14.4. The van der Waals surface area contributed by atoms with Crippen LogP contribution in [-0.4, -0.2) is 87.9 Å². The number of hydrogen-bond donors (Lipinski definition) is 3. The van der Waals surface area contributed by atoms with Gasteiger partial charge >= 0.3 is 0 Å². The van der Waals surface area contributed by atoms with Gasteiger partial charge in [0.2, 0.25) is 5.91 Å². The van der Waals surface area contributed by atoms with E-state index in [0.717, 1.165) is 13.1 Å². The predicted molar refractivity (Wildman–Crippen MR) is 147 cm³/mol. The molecule has 5 fully saturated rings. The number of halogens is 1. The number of benzene rings is 1. The lowest BCUT2D eigenvalue weighted by atomic mass is 9.52. The van der Waals surface area contributed by atoms with Crippen molar-refractivity contribution in [2.75, 3.05) is 27.2 Å². The van der Waals surface area contributed by atoms with E-state index in [9.17, 15) is 34.2 Å². The summed E-state index contributed by atoms with van der Waals surface area (Å²) in [7, 11) is 3.12. The van der Waals surface area contributed by atoms with Crippen LogP contribution in [-0.2, 0) is 32.1 Å². The van der Waals surface area contributed by atoms with E-state index in [1.165, 1.54) is 36.6 Å². The highest BCUT2D eigenvalue weighted by Crippen LogP contribution is 2.52. The predicted octanol–water partition coefficient (Wildman–Crippen LogP) is 1.14. The highest BCUT2D eigenvalue weighted by Gasteiger charge is 2.69. The number of rotatable bonds is 4. The molecule has 0 aromatic heterocycles. The number of phenolic OH excluding ortho intramolecular Hbond substituents is 1. The Bertz CT molecular complexity index is 1360. The Morgan fingerprint density at radius 3 is 2.27 bits per heavy atom. The summed E-state index contributed by atoms with van der Waals surface area (Å²) in [5.74, 6) is -9.27. The zero-order valence-electron chi connectivity index (χ0n) is 23.3. The summed E-state index contributed by atoms with van der Waals surface area (Å²) < 4.78 is 0. The number of aliphatic hydroxyl groups is 1. The third-order valence-corrected chi connectivity index (χ3v) is 10.9. The topological polar surface area (TPSA) is 158 Å². The molecule has 3 saturated carbocycles. The molecule has 11 heteroatoms. The van der Waals surface area contributed by atoms with Crippen molar-refractivity contribution >= 4 is 40.6 Å². The van der Waals surface area contributed by atoms with Crippen LogP contribution in [0, 0.1) is 35.5 Å². The van der Waals surface area contributed by atoms with Crippen LogP contribution < -0.4 is 5.73 Å². The smallest absolute Gasteiger partial charge is 0.235 e. The minimum Gasteiger partial charge on any atom is -0.507 e. The number of likely N-dealkylation sites (N-methyl/N-ethyl adjacent to an activating group) is 1. The first-order valence-corrected chi connectivity index (χ1v) is 14.8. The zero-order valence-corrected chi connectivity index (χ0v) is 24.0. The molecule has 0 radical (unpaired) electrons. The number of nitrogens with two attached hydrogens (primary N) is 1. The summed E-state index contributed by atoms with van der Waals surface area (Å²) in [6, 6.07) is 0.359. The summed E-state index contributed by atoms with van der Waals surface area (Å²) >= 11 is 6.93. The number of phenols is 1. The Morgan fingerprint density at radius 2 is 1.71 bits per heavy atom. The second-order valence-electron chi connectivity index (χ2n) is 13.1. The maximum absolute atomic E-state index is 13.9. The Labute approximate surface area is 243 Å². The fourth-order valence-electron chi connectivity index (χ4n) is 8.59. The Balaban J connectivity index is 1.37. The maximum Gasteiger partial charge on any atom is 0.235 e. The quantitative estimate of drug-likeness (QED) is 0.441. The number of amides is 1. The van der Waals surface area contributed by atoms with Crippen molar-refractivity contribution in [3.8, 4) is 5.75 Å². The van der Waals surface area contributed by atoms with Gasteiger partial charge in [-0.25, -0.2) is 0 Å². The highest BCUT2D eigenvalue weighted by molar-refractivity contribution is 6.34. The van der Waals surface area contributed by atoms with E-state index in [0.29, 0.717) is 34.5 Å². The lowest BCUT2D eigenvalue weighted by Crippen LogP contribution is -2.74. The zero-order chi connectivity index (χ0) is 29.5. The van der Waals surface area contributed by atoms with Crippen LogP contribution in [0.4, 0.5) is 0 Å². The molecule has 7 rings (SSSR count). The molecule has 2 bridgehead atoms. The minimum atomic E-state index is -2.73. The molecule has 1 amide bonds. The van der Waals surface area contributed by atoms with Crippen molar-refractivity contribution in [1.29, 1.82) is 0 Å². The molecule has 0 spiro atoms. The van der Waals surface area contributed by atoms with Crippen molar-refractivity contribution in [2.45, 2.75) is 56.7 Å². The third kappa shape index (κ3) is 4.20. The molecule has 41 heavy (non-hydrogen) atoms. The number of nitrogens with zero attached hydrogens (tertiary/aromatic N) is 2. The Hall–Kier alpha value is -2.66. The summed E-state index contributed by atoms with van der Waals surface area (Å²) in [5, 5.41) is 23.1. The molecular formula is C30H36ClN3O7. The number of ketones is 4. The van der Waals surface area contributed by atoms with Crippen LogP contribution in [0.1, 0.15) is 53.6 Å². The normalized spacial score (nSPS) is 37.0. The van der Waals surface area contributed by atoms with Gasteiger partial charge in [0.25, 0.3) is 0 Å². The summed E-state index contributed by atoms with van der Waals surface area (Å²) in [6.07, 6.45) is 5.06. The molecule has 6 unspecified atom stereocenters. The van der Waals surface area contributed by atoms with E-state index in [4.69, 9.17) is 17.3 Å². The van der Waals surface area contributed by atoms with Crippen molar-refractivity contribution in [3.63, 3.8) is 0 Å². The molecule has 1 aromatic carbocycles. The van der Waals surface area contributed by atoms with Gasteiger partial charge in [-0.05, 0) is 87.6 Å². The minimum absolute atomic E-state index is 0.000693. The number of primary amides is 1. The monoisotopic (exact) mass is 585 g/mol. The largest absolute Gasteiger partial charge is 0.507 e. The third-order valence-electron chi connectivity index (χ3n) is 10.5. The Morgan fingerprint density at radius 1 is 1.10 bits per heavy atom. The number of Topliss-reactive ketones (excluding diaryl/α,β-unsaturated/α-hetero) is 4. The van der Waals surface area contributed by atoms with Crippen LogP contribution in [0.15, 0.2) is 6.07 Å². The molecule has 10 nitrogen and oxygen atoms in total. The molecule has 6 atom stereocenters. The average molecular weight is 586 g/mol. The second-order valence-corrected chi connectivity index (χ2v) is 13.5. The van der Waals surface area contributed by atoms with Gasteiger partial charge in [-0.15, -0.1) is 0 Å². The molecule has 2 aliphatic heterocycles. The second kappa shape index (κ2) is 9.97. The number of carbonyl (C=O) groups excluding carboxylic acids is 5. The molecule has 1 aromatic rings. The maximum atomic E-state index is 13.9. The fourth-order valence-corrected chi connectivity index (χ4v) is 8.88. The summed E-state index contributed by atoms with van der Waals surface area (Å²) in [5.41, 5.74) is 3.73. The summed E-state index contributed by atoms with van der Waals surface area (Å²) in [6.45, 7) is 2.46. The van der Waals surface area contributed by atoms with Gasteiger partial charge in [-0.3, -0.25) is 33.8 Å².